The van der Waals surface area contributed by atoms with E-state index in [1.807, 2.05) is 18.2 Å². The molecule has 2 heterocycles. The summed E-state index contributed by atoms with van der Waals surface area (Å²) < 4.78 is 32.2. The second kappa shape index (κ2) is 11.0. The van der Waals surface area contributed by atoms with Gasteiger partial charge in [0.25, 0.3) is 5.56 Å². The van der Waals surface area contributed by atoms with E-state index in [0.717, 1.165) is 10.1 Å². The van der Waals surface area contributed by atoms with E-state index in [0.29, 0.717) is 22.2 Å². The van der Waals surface area contributed by atoms with Gasteiger partial charge in [0.15, 0.2) is 11.5 Å². The zero-order valence-corrected chi connectivity index (χ0v) is 22.1. The normalized spacial score (nSPS) is 11.4. The molecule has 4 aromatic carbocycles. The lowest BCUT2D eigenvalue weighted by molar-refractivity contribution is -0.386. The van der Waals surface area contributed by atoms with Crippen molar-refractivity contribution in [3.05, 3.63) is 128 Å². The Labute approximate surface area is 237 Å². The van der Waals surface area contributed by atoms with E-state index in [9.17, 15) is 19.3 Å². The molecule has 0 aliphatic heterocycles. The minimum absolute atomic E-state index is 0.0310. The largest absolute Gasteiger partial charge is 0.493 e. The van der Waals surface area contributed by atoms with Crippen LogP contribution in [0.25, 0.3) is 33.5 Å². The van der Waals surface area contributed by atoms with Gasteiger partial charge in [0.1, 0.15) is 18.0 Å². The maximum Gasteiger partial charge on any atom is 0.315 e. The average Bonchev–Trinajstić information content (AvgIpc) is 3.44. The Balaban J connectivity index is 1.44. The summed E-state index contributed by atoms with van der Waals surface area (Å²) in [6.45, 7) is -0.254. The monoisotopic (exact) mass is 564 g/mol. The van der Waals surface area contributed by atoms with Crippen LogP contribution in [-0.4, -0.2) is 27.9 Å². The number of hydrogen-bond donors (Lipinski definition) is 0. The first kappa shape index (κ1) is 26.4. The molecule has 6 rings (SSSR count). The first-order chi connectivity index (χ1) is 20.4. The summed E-state index contributed by atoms with van der Waals surface area (Å²) in [5, 5.41) is 17.5. The highest BCUT2D eigenvalue weighted by molar-refractivity contribution is 5.85. The van der Waals surface area contributed by atoms with Crippen molar-refractivity contribution >= 4 is 33.8 Å². The van der Waals surface area contributed by atoms with E-state index >= 15 is 0 Å². The van der Waals surface area contributed by atoms with Crippen LogP contribution in [0.4, 0.5) is 10.1 Å². The maximum atomic E-state index is 14.1. The summed E-state index contributed by atoms with van der Waals surface area (Å²) in [5.41, 5.74) is 0.648. The van der Waals surface area contributed by atoms with Crippen molar-refractivity contribution in [2.45, 2.75) is 6.61 Å². The van der Waals surface area contributed by atoms with Crippen LogP contribution in [0.15, 0.2) is 105 Å². The zero-order chi connectivity index (χ0) is 29.2. The number of furan rings is 1. The molecule has 6 aromatic rings. The summed E-state index contributed by atoms with van der Waals surface area (Å²) in [6, 6.07) is 24.6. The summed E-state index contributed by atoms with van der Waals surface area (Å²) in [7, 11) is 1.33. The molecule has 0 fully saturated rings. The van der Waals surface area contributed by atoms with Gasteiger partial charge in [-0.25, -0.2) is 9.37 Å². The molecule has 0 saturated heterocycles. The Bertz CT molecular complexity index is 2030. The summed E-state index contributed by atoms with van der Waals surface area (Å²) >= 11 is 0. The lowest BCUT2D eigenvalue weighted by atomic mass is 10.1. The highest BCUT2D eigenvalue weighted by Gasteiger charge is 2.23. The number of aromatic nitrogens is 2. The topological polar surface area (TPSA) is 122 Å². The number of halogens is 1. The molecule has 0 bridgehead atoms. The molecule has 208 valence electrons. The summed E-state index contributed by atoms with van der Waals surface area (Å²) in [6.07, 6.45) is 1.28. The van der Waals surface area contributed by atoms with E-state index in [2.05, 4.69) is 10.1 Å². The van der Waals surface area contributed by atoms with Crippen molar-refractivity contribution < 1.29 is 23.2 Å². The second-order valence-corrected chi connectivity index (χ2v) is 9.17. The van der Waals surface area contributed by atoms with Gasteiger partial charge >= 0.3 is 5.69 Å². The summed E-state index contributed by atoms with van der Waals surface area (Å²) in [5.74, 6) is -0.175. The fourth-order valence-corrected chi connectivity index (χ4v) is 4.49. The van der Waals surface area contributed by atoms with Crippen LogP contribution < -0.4 is 15.0 Å². The van der Waals surface area contributed by atoms with E-state index in [1.54, 1.807) is 42.5 Å². The van der Waals surface area contributed by atoms with Crippen molar-refractivity contribution in [1.82, 2.24) is 9.66 Å². The SMILES string of the molecule is COc1cc(C=Nn2c(-c3cc4ccccc4o3)nc3ccccc3c2=O)cc([N+](=O)[O-])c1OCc1ccccc1F. The molecule has 0 N–H and O–H groups in total. The Morgan fingerprint density at radius 1 is 1.05 bits per heavy atom. The number of nitro groups is 1. The first-order valence-electron chi connectivity index (χ1n) is 12.7. The molecule has 11 heteroatoms. The van der Waals surface area contributed by atoms with Crippen LogP contribution in [-0.2, 0) is 6.61 Å². The Morgan fingerprint density at radius 3 is 2.60 bits per heavy atom. The third-order valence-corrected chi connectivity index (χ3v) is 6.53. The van der Waals surface area contributed by atoms with Crippen molar-refractivity contribution in [3.63, 3.8) is 0 Å². The van der Waals surface area contributed by atoms with Crippen LogP contribution in [0.1, 0.15) is 11.1 Å². The second-order valence-electron chi connectivity index (χ2n) is 9.17. The van der Waals surface area contributed by atoms with Gasteiger partial charge in [-0.3, -0.25) is 14.9 Å². The fourth-order valence-electron chi connectivity index (χ4n) is 4.49. The van der Waals surface area contributed by atoms with Crippen LogP contribution in [0.2, 0.25) is 0 Å². The van der Waals surface area contributed by atoms with Gasteiger partial charge in [-0.1, -0.05) is 48.5 Å². The third-order valence-electron chi connectivity index (χ3n) is 6.53. The number of fused-ring (bicyclic) bond motifs is 2. The highest BCUT2D eigenvalue weighted by atomic mass is 19.1. The van der Waals surface area contributed by atoms with Gasteiger partial charge in [0, 0.05) is 22.6 Å². The van der Waals surface area contributed by atoms with E-state index in [-0.39, 0.29) is 35.1 Å². The number of para-hydroxylation sites is 2. The molecular weight excluding hydrogens is 543 g/mol. The van der Waals surface area contributed by atoms with Gasteiger partial charge in [-0.05, 0) is 36.4 Å². The van der Waals surface area contributed by atoms with Gasteiger partial charge in [0.2, 0.25) is 11.6 Å². The molecule has 2 aromatic heterocycles. The Kier molecular flexibility index (Phi) is 6.89. The van der Waals surface area contributed by atoms with Crippen LogP contribution in [0, 0.1) is 15.9 Å². The van der Waals surface area contributed by atoms with Crippen molar-refractivity contribution in [1.29, 1.82) is 0 Å². The molecule has 0 aliphatic rings. The number of benzene rings is 4. The van der Waals surface area contributed by atoms with Crippen molar-refractivity contribution in [2.75, 3.05) is 7.11 Å². The molecule has 0 radical (unpaired) electrons. The van der Waals surface area contributed by atoms with Crippen LogP contribution in [0.5, 0.6) is 11.5 Å². The van der Waals surface area contributed by atoms with E-state index in [4.69, 9.17) is 13.9 Å². The van der Waals surface area contributed by atoms with Gasteiger partial charge in [-0.15, -0.1) is 0 Å². The molecule has 0 unspecified atom stereocenters. The molecule has 0 atom stereocenters. The van der Waals surface area contributed by atoms with Crippen molar-refractivity contribution in [3.8, 4) is 23.1 Å². The van der Waals surface area contributed by atoms with Gasteiger partial charge < -0.3 is 13.9 Å². The van der Waals surface area contributed by atoms with E-state index < -0.39 is 22.0 Å². The third kappa shape index (κ3) is 4.94. The predicted octanol–water partition coefficient (Wildman–Crippen LogP) is 6.33. The molecule has 0 spiro atoms. The number of nitrogens with zero attached hydrogens (tertiary/aromatic N) is 4. The summed E-state index contributed by atoms with van der Waals surface area (Å²) in [4.78, 5) is 29.5. The quantitative estimate of drug-likeness (QED) is 0.120. The lowest BCUT2D eigenvalue weighted by Gasteiger charge is -2.12. The number of methoxy groups -OCH3 is 1. The molecular formula is C31H21FN4O6. The fraction of sp³-hybridized carbons (Fsp3) is 0.0645. The zero-order valence-electron chi connectivity index (χ0n) is 22.1. The smallest absolute Gasteiger partial charge is 0.315 e. The van der Waals surface area contributed by atoms with Gasteiger partial charge in [0.05, 0.1) is 29.2 Å². The molecule has 0 aliphatic carbocycles. The van der Waals surface area contributed by atoms with Crippen molar-refractivity contribution in [2.24, 2.45) is 5.10 Å². The van der Waals surface area contributed by atoms with Crippen LogP contribution >= 0.6 is 0 Å². The number of ether oxygens (including phenoxy) is 2. The minimum Gasteiger partial charge on any atom is -0.493 e. The first-order valence-corrected chi connectivity index (χ1v) is 12.7. The standard InChI is InChI=1S/C31H21FN4O6/c1-40-27-15-19(14-25(36(38)39)29(27)41-18-21-9-2-5-11-23(21)32)17-33-35-30(28-16-20-8-3-7-13-26(20)42-28)34-24-12-6-4-10-22(24)31(35)37/h2-17H,18H2,1H3. The van der Waals surface area contributed by atoms with E-state index in [1.165, 1.54) is 43.7 Å². The molecule has 10 nitrogen and oxygen atoms in total. The van der Waals surface area contributed by atoms with Gasteiger partial charge in [-0.2, -0.15) is 9.78 Å². The average molecular weight is 565 g/mol. The minimum atomic E-state index is -0.639. The lowest BCUT2D eigenvalue weighted by Crippen LogP contribution is -2.20. The number of hydrogen-bond acceptors (Lipinski definition) is 8. The molecule has 0 amide bonds. The Morgan fingerprint density at radius 2 is 1.81 bits per heavy atom. The maximum absolute atomic E-state index is 14.1. The number of nitro benzene ring substituents is 1. The van der Waals surface area contributed by atoms with Crippen LogP contribution in [0.3, 0.4) is 0 Å². The predicted molar refractivity (Wildman–Crippen MR) is 155 cm³/mol. The molecule has 42 heavy (non-hydrogen) atoms. The molecule has 0 saturated carbocycles. The highest BCUT2D eigenvalue weighted by Crippen LogP contribution is 2.38. The Hall–Kier alpha value is -5.84. The number of rotatable bonds is 8.